The SMILES string of the molecule is Cc1ccnc(N(C)C2CCCNC2)c1C(N)=O. The number of amides is 1. The maximum atomic E-state index is 11.6. The molecular weight excluding hydrogens is 228 g/mol. The number of aromatic nitrogens is 1. The third kappa shape index (κ3) is 2.46. The van der Waals surface area contributed by atoms with E-state index in [0.29, 0.717) is 17.4 Å². The molecule has 1 unspecified atom stereocenters. The van der Waals surface area contributed by atoms with Crippen LogP contribution in [-0.2, 0) is 0 Å². The minimum absolute atomic E-state index is 0.367. The van der Waals surface area contributed by atoms with Crippen molar-refractivity contribution in [3.8, 4) is 0 Å². The number of primary amides is 1. The van der Waals surface area contributed by atoms with Crippen molar-refractivity contribution in [3.63, 3.8) is 0 Å². The minimum atomic E-state index is -0.411. The van der Waals surface area contributed by atoms with E-state index in [-0.39, 0.29) is 0 Å². The van der Waals surface area contributed by atoms with E-state index in [2.05, 4.69) is 15.2 Å². The molecule has 0 aromatic carbocycles. The second kappa shape index (κ2) is 5.35. The predicted octanol–water partition coefficient (Wildman–Crippen LogP) is 0.677. The van der Waals surface area contributed by atoms with Crippen molar-refractivity contribution in [2.75, 3.05) is 25.0 Å². The Hall–Kier alpha value is -1.62. The molecule has 0 saturated carbocycles. The topological polar surface area (TPSA) is 71.2 Å². The van der Waals surface area contributed by atoms with Gasteiger partial charge >= 0.3 is 0 Å². The predicted molar refractivity (Wildman–Crippen MR) is 71.8 cm³/mol. The first-order valence-corrected chi connectivity index (χ1v) is 6.30. The summed E-state index contributed by atoms with van der Waals surface area (Å²) in [6, 6.07) is 2.18. The van der Waals surface area contributed by atoms with Crippen LogP contribution in [0.15, 0.2) is 12.3 Å². The van der Waals surface area contributed by atoms with Crippen LogP contribution in [0.3, 0.4) is 0 Å². The van der Waals surface area contributed by atoms with E-state index >= 15 is 0 Å². The Kier molecular flexibility index (Phi) is 3.81. The summed E-state index contributed by atoms with van der Waals surface area (Å²) in [5, 5.41) is 3.36. The van der Waals surface area contributed by atoms with Crippen LogP contribution in [0.25, 0.3) is 0 Å². The van der Waals surface area contributed by atoms with Gasteiger partial charge in [-0.05, 0) is 37.9 Å². The monoisotopic (exact) mass is 248 g/mol. The lowest BCUT2D eigenvalue weighted by Crippen LogP contribution is -2.45. The highest BCUT2D eigenvalue weighted by molar-refractivity contribution is 5.99. The number of piperidine rings is 1. The third-order valence-electron chi connectivity index (χ3n) is 3.54. The number of aryl methyl sites for hydroxylation is 1. The molecule has 0 spiro atoms. The highest BCUT2D eigenvalue weighted by atomic mass is 16.1. The highest BCUT2D eigenvalue weighted by Crippen LogP contribution is 2.23. The zero-order valence-corrected chi connectivity index (χ0v) is 10.9. The van der Waals surface area contributed by atoms with E-state index in [1.165, 1.54) is 0 Å². The fourth-order valence-electron chi connectivity index (χ4n) is 2.45. The third-order valence-corrected chi connectivity index (χ3v) is 3.54. The molecule has 3 N–H and O–H groups in total. The Balaban J connectivity index is 2.31. The van der Waals surface area contributed by atoms with E-state index in [4.69, 9.17) is 5.73 Å². The Morgan fingerprint density at radius 2 is 2.39 bits per heavy atom. The van der Waals surface area contributed by atoms with Crippen LogP contribution in [0.1, 0.15) is 28.8 Å². The molecule has 98 valence electrons. The number of likely N-dealkylation sites (N-methyl/N-ethyl adjacent to an activating group) is 1. The molecule has 5 heteroatoms. The molecule has 1 aromatic heterocycles. The van der Waals surface area contributed by atoms with Crippen LogP contribution < -0.4 is 16.0 Å². The summed E-state index contributed by atoms with van der Waals surface area (Å²) in [6.45, 7) is 3.87. The van der Waals surface area contributed by atoms with Crippen molar-refractivity contribution in [2.45, 2.75) is 25.8 Å². The van der Waals surface area contributed by atoms with Crippen molar-refractivity contribution < 1.29 is 4.79 Å². The smallest absolute Gasteiger partial charge is 0.252 e. The van der Waals surface area contributed by atoms with Crippen LogP contribution in [0, 0.1) is 6.92 Å². The standard InChI is InChI=1S/C13H20N4O/c1-9-5-7-16-13(11(9)12(14)18)17(2)10-4-3-6-15-8-10/h5,7,10,15H,3-4,6,8H2,1-2H3,(H2,14,18). The first-order valence-electron chi connectivity index (χ1n) is 6.30. The largest absolute Gasteiger partial charge is 0.365 e. The lowest BCUT2D eigenvalue weighted by atomic mass is 10.0. The molecule has 1 aromatic rings. The Labute approximate surface area is 107 Å². The van der Waals surface area contributed by atoms with Crippen LogP contribution in [0.2, 0.25) is 0 Å². The zero-order chi connectivity index (χ0) is 13.1. The number of hydrogen-bond acceptors (Lipinski definition) is 4. The van der Waals surface area contributed by atoms with Crippen molar-refractivity contribution >= 4 is 11.7 Å². The van der Waals surface area contributed by atoms with E-state index < -0.39 is 5.91 Å². The minimum Gasteiger partial charge on any atom is -0.365 e. The molecule has 2 rings (SSSR count). The maximum absolute atomic E-state index is 11.6. The fourth-order valence-corrected chi connectivity index (χ4v) is 2.45. The molecule has 18 heavy (non-hydrogen) atoms. The molecule has 0 aliphatic carbocycles. The number of hydrogen-bond donors (Lipinski definition) is 2. The molecule has 1 aliphatic rings. The highest BCUT2D eigenvalue weighted by Gasteiger charge is 2.23. The lowest BCUT2D eigenvalue weighted by Gasteiger charge is -2.33. The summed E-state index contributed by atoms with van der Waals surface area (Å²) in [5.41, 5.74) is 6.87. The van der Waals surface area contributed by atoms with E-state index in [1.807, 2.05) is 20.0 Å². The summed E-state index contributed by atoms with van der Waals surface area (Å²) in [4.78, 5) is 18.0. The van der Waals surface area contributed by atoms with Gasteiger partial charge in [0.05, 0.1) is 5.56 Å². The first kappa shape index (κ1) is 12.8. The van der Waals surface area contributed by atoms with Crippen LogP contribution >= 0.6 is 0 Å². The first-order chi connectivity index (χ1) is 8.61. The molecule has 0 radical (unpaired) electrons. The molecule has 1 amide bonds. The molecular formula is C13H20N4O. The normalized spacial score (nSPS) is 19.6. The second-order valence-electron chi connectivity index (χ2n) is 4.80. The number of pyridine rings is 1. The average Bonchev–Trinajstić information content (AvgIpc) is 2.38. The summed E-state index contributed by atoms with van der Waals surface area (Å²) in [6.07, 6.45) is 3.98. The molecule has 2 heterocycles. The number of anilines is 1. The van der Waals surface area contributed by atoms with Crippen LogP contribution in [-0.4, -0.2) is 37.1 Å². The zero-order valence-electron chi connectivity index (χ0n) is 10.9. The van der Waals surface area contributed by atoms with Crippen LogP contribution in [0.4, 0.5) is 5.82 Å². The molecule has 1 aliphatic heterocycles. The van der Waals surface area contributed by atoms with Crippen molar-refractivity contribution in [1.82, 2.24) is 10.3 Å². The maximum Gasteiger partial charge on any atom is 0.252 e. The number of carbonyl (C=O) groups excluding carboxylic acids is 1. The fraction of sp³-hybridized carbons (Fsp3) is 0.538. The second-order valence-corrected chi connectivity index (χ2v) is 4.80. The number of rotatable bonds is 3. The summed E-state index contributed by atoms with van der Waals surface area (Å²) in [7, 11) is 1.98. The van der Waals surface area contributed by atoms with Gasteiger partial charge in [0.2, 0.25) is 0 Å². The molecule has 1 atom stereocenters. The van der Waals surface area contributed by atoms with Gasteiger partial charge in [-0.2, -0.15) is 0 Å². The van der Waals surface area contributed by atoms with Gasteiger partial charge in [0.25, 0.3) is 5.91 Å². The molecule has 0 bridgehead atoms. The van der Waals surface area contributed by atoms with Crippen molar-refractivity contribution in [3.05, 3.63) is 23.4 Å². The Morgan fingerprint density at radius 3 is 3.00 bits per heavy atom. The molecule has 5 nitrogen and oxygen atoms in total. The van der Waals surface area contributed by atoms with E-state index in [1.54, 1.807) is 6.20 Å². The van der Waals surface area contributed by atoms with Gasteiger partial charge in [0.15, 0.2) is 0 Å². The summed E-state index contributed by atoms with van der Waals surface area (Å²) < 4.78 is 0. The number of carbonyl (C=O) groups is 1. The number of nitrogens with zero attached hydrogens (tertiary/aromatic N) is 2. The quantitative estimate of drug-likeness (QED) is 0.825. The average molecular weight is 248 g/mol. The summed E-state index contributed by atoms with van der Waals surface area (Å²) >= 11 is 0. The van der Waals surface area contributed by atoms with Gasteiger partial charge in [-0.25, -0.2) is 4.98 Å². The van der Waals surface area contributed by atoms with E-state index in [9.17, 15) is 4.79 Å². The van der Waals surface area contributed by atoms with Gasteiger partial charge < -0.3 is 16.0 Å². The van der Waals surface area contributed by atoms with E-state index in [0.717, 1.165) is 31.5 Å². The van der Waals surface area contributed by atoms with Gasteiger partial charge in [0, 0.05) is 25.8 Å². The summed E-state index contributed by atoms with van der Waals surface area (Å²) in [5.74, 6) is 0.280. The molecule has 1 fully saturated rings. The van der Waals surface area contributed by atoms with Crippen molar-refractivity contribution in [1.29, 1.82) is 0 Å². The van der Waals surface area contributed by atoms with Gasteiger partial charge in [-0.3, -0.25) is 4.79 Å². The number of nitrogens with two attached hydrogens (primary N) is 1. The van der Waals surface area contributed by atoms with Crippen LogP contribution in [0.5, 0.6) is 0 Å². The van der Waals surface area contributed by atoms with Gasteiger partial charge in [-0.1, -0.05) is 0 Å². The van der Waals surface area contributed by atoms with Crippen molar-refractivity contribution in [2.24, 2.45) is 5.73 Å². The molecule has 1 saturated heterocycles. The van der Waals surface area contributed by atoms with Gasteiger partial charge in [-0.15, -0.1) is 0 Å². The number of nitrogens with one attached hydrogen (secondary N) is 1. The van der Waals surface area contributed by atoms with Gasteiger partial charge in [0.1, 0.15) is 5.82 Å². The lowest BCUT2D eigenvalue weighted by molar-refractivity contribution is 0.1000. The Bertz CT molecular complexity index is 441. The Morgan fingerprint density at radius 1 is 1.61 bits per heavy atom.